The summed E-state index contributed by atoms with van der Waals surface area (Å²) >= 11 is 1.45. The summed E-state index contributed by atoms with van der Waals surface area (Å²) in [6.45, 7) is 1.40. The Kier molecular flexibility index (Phi) is 5.03. The second-order valence-corrected chi connectivity index (χ2v) is 6.82. The van der Waals surface area contributed by atoms with Crippen molar-refractivity contribution in [3.63, 3.8) is 0 Å². The average molecular weight is 365 g/mol. The second kappa shape index (κ2) is 7.22. The lowest BCUT2D eigenvalue weighted by Crippen LogP contribution is -2.35. The number of nitrogens with zero attached hydrogens (tertiary/aromatic N) is 2. The number of aliphatic carboxylic acids is 1. The van der Waals surface area contributed by atoms with Gasteiger partial charge in [-0.05, 0) is 32.6 Å². The van der Waals surface area contributed by atoms with Gasteiger partial charge >= 0.3 is 5.97 Å². The van der Waals surface area contributed by atoms with E-state index in [9.17, 15) is 14.4 Å². The van der Waals surface area contributed by atoms with Gasteiger partial charge in [-0.3, -0.25) is 18.8 Å². The van der Waals surface area contributed by atoms with Gasteiger partial charge in [-0.25, -0.2) is 0 Å². The fourth-order valence-corrected chi connectivity index (χ4v) is 4.16. The molecule has 8 nitrogen and oxygen atoms in total. The number of carboxylic acids is 1. The lowest BCUT2D eigenvalue weighted by molar-refractivity contribution is -0.135. The Balaban J connectivity index is 2.16. The molecule has 0 aromatic carbocycles. The molecule has 0 unspecified atom stereocenters. The van der Waals surface area contributed by atoms with Crippen molar-refractivity contribution in [2.24, 2.45) is 0 Å². The zero-order chi connectivity index (χ0) is 18.0. The molecule has 1 aliphatic carbocycles. The Bertz CT molecular complexity index is 886. The van der Waals surface area contributed by atoms with Crippen molar-refractivity contribution in [1.82, 2.24) is 14.7 Å². The van der Waals surface area contributed by atoms with Gasteiger partial charge in [-0.1, -0.05) is 6.42 Å². The van der Waals surface area contributed by atoms with Gasteiger partial charge in [0.05, 0.1) is 6.61 Å². The predicted molar refractivity (Wildman–Crippen MR) is 91.7 cm³/mol. The summed E-state index contributed by atoms with van der Waals surface area (Å²) in [5, 5.41) is 11.0. The standard InChI is InChI=1S/C16H19N3O5S/c1-2-24-14-12(13(22)17-8-11(20)21)15(23)19-9-6-4-3-5-7-10(9)25-16(19)18-14/h2-8H2,1H3,(H,17,22)(H,20,21). The van der Waals surface area contributed by atoms with Gasteiger partial charge in [0, 0.05) is 10.6 Å². The number of hydrogen-bond donors (Lipinski definition) is 2. The number of aryl methyl sites for hydroxylation is 2. The van der Waals surface area contributed by atoms with E-state index in [4.69, 9.17) is 9.84 Å². The third kappa shape index (κ3) is 3.37. The van der Waals surface area contributed by atoms with Crippen molar-refractivity contribution in [2.45, 2.75) is 39.0 Å². The second-order valence-electron chi connectivity index (χ2n) is 5.76. The van der Waals surface area contributed by atoms with Gasteiger partial charge in [0.15, 0.2) is 10.5 Å². The van der Waals surface area contributed by atoms with Crippen LogP contribution in [0.4, 0.5) is 0 Å². The zero-order valence-corrected chi connectivity index (χ0v) is 14.6. The van der Waals surface area contributed by atoms with Crippen LogP contribution in [-0.2, 0) is 17.6 Å². The average Bonchev–Trinajstić information content (AvgIpc) is 2.75. The minimum Gasteiger partial charge on any atom is -0.480 e. The Morgan fingerprint density at radius 3 is 2.80 bits per heavy atom. The number of carboxylic acid groups (broad SMARTS) is 1. The molecule has 0 saturated heterocycles. The van der Waals surface area contributed by atoms with Crippen molar-refractivity contribution in [3.05, 3.63) is 26.5 Å². The quantitative estimate of drug-likeness (QED) is 0.772. The molecule has 2 aromatic heterocycles. The Hall–Kier alpha value is -2.42. The van der Waals surface area contributed by atoms with Gasteiger partial charge in [0.2, 0.25) is 5.88 Å². The molecule has 0 spiro atoms. The van der Waals surface area contributed by atoms with E-state index in [1.54, 1.807) is 6.92 Å². The minimum absolute atomic E-state index is 0.0493. The molecule has 0 bridgehead atoms. The van der Waals surface area contributed by atoms with Crippen molar-refractivity contribution < 1.29 is 19.4 Å². The van der Waals surface area contributed by atoms with Crippen molar-refractivity contribution in [2.75, 3.05) is 13.2 Å². The largest absolute Gasteiger partial charge is 0.480 e. The summed E-state index contributed by atoms with van der Waals surface area (Å²) in [5.41, 5.74) is 0.159. The maximum Gasteiger partial charge on any atom is 0.322 e. The number of amides is 1. The van der Waals surface area contributed by atoms with E-state index in [0.29, 0.717) is 4.96 Å². The van der Waals surface area contributed by atoms with Crippen LogP contribution in [0.3, 0.4) is 0 Å². The summed E-state index contributed by atoms with van der Waals surface area (Å²) in [6, 6.07) is 0. The Labute approximate surface area is 147 Å². The minimum atomic E-state index is -1.19. The molecule has 134 valence electrons. The topological polar surface area (TPSA) is 110 Å². The first-order chi connectivity index (χ1) is 12.0. The Morgan fingerprint density at radius 2 is 2.08 bits per heavy atom. The van der Waals surface area contributed by atoms with E-state index in [-0.39, 0.29) is 18.1 Å². The van der Waals surface area contributed by atoms with Crippen LogP contribution in [0, 0.1) is 0 Å². The summed E-state index contributed by atoms with van der Waals surface area (Å²) in [7, 11) is 0. The van der Waals surface area contributed by atoms with Gasteiger partial charge in [0.1, 0.15) is 6.54 Å². The molecule has 2 heterocycles. The maximum absolute atomic E-state index is 13.0. The maximum atomic E-state index is 13.0. The molecule has 0 aliphatic heterocycles. The van der Waals surface area contributed by atoms with Crippen LogP contribution in [0.1, 0.15) is 47.1 Å². The number of rotatable bonds is 5. The number of ether oxygens (including phenoxy) is 1. The van der Waals surface area contributed by atoms with Gasteiger partial charge in [0.25, 0.3) is 11.5 Å². The number of hydrogen-bond acceptors (Lipinski definition) is 6. The fourth-order valence-electron chi connectivity index (χ4n) is 2.96. The molecule has 0 fully saturated rings. The van der Waals surface area contributed by atoms with Gasteiger partial charge in [-0.15, -0.1) is 11.3 Å². The highest BCUT2D eigenvalue weighted by atomic mass is 32.1. The van der Waals surface area contributed by atoms with E-state index in [2.05, 4.69) is 10.3 Å². The third-order valence-electron chi connectivity index (χ3n) is 4.05. The molecule has 2 N–H and O–H groups in total. The predicted octanol–water partition coefficient (Wildman–Crippen LogP) is 1.24. The molecule has 0 radical (unpaired) electrons. The monoisotopic (exact) mass is 365 g/mol. The zero-order valence-electron chi connectivity index (χ0n) is 13.8. The highest BCUT2D eigenvalue weighted by Gasteiger charge is 2.25. The molecule has 3 rings (SSSR count). The van der Waals surface area contributed by atoms with Crippen LogP contribution in [0.15, 0.2) is 4.79 Å². The van der Waals surface area contributed by atoms with E-state index < -0.39 is 24.0 Å². The molecule has 0 saturated carbocycles. The normalized spacial score (nSPS) is 14.0. The number of carbonyl (C=O) groups is 2. The smallest absolute Gasteiger partial charge is 0.322 e. The molecule has 0 atom stereocenters. The molecule has 2 aromatic rings. The van der Waals surface area contributed by atoms with Gasteiger partial charge in [-0.2, -0.15) is 4.98 Å². The number of thiazole rings is 1. The summed E-state index contributed by atoms with van der Waals surface area (Å²) in [4.78, 5) is 42.0. The molecule has 25 heavy (non-hydrogen) atoms. The number of aromatic nitrogens is 2. The van der Waals surface area contributed by atoms with E-state index >= 15 is 0 Å². The molecule has 1 aliphatic rings. The van der Waals surface area contributed by atoms with E-state index in [0.717, 1.165) is 42.7 Å². The lowest BCUT2D eigenvalue weighted by atomic mass is 10.2. The number of fused-ring (bicyclic) bond motifs is 3. The summed E-state index contributed by atoms with van der Waals surface area (Å²) < 4.78 is 6.87. The third-order valence-corrected chi connectivity index (χ3v) is 5.19. The first kappa shape index (κ1) is 17.4. The van der Waals surface area contributed by atoms with E-state index in [1.165, 1.54) is 15.7 Å². The molecular formula is C16H19N3O5S. The Morgan fingerprint density at radius 1 is 1.32 bits per heavy atom. The van der Waals surface area contributed by atoms with E-state index in [1.807, 2.05) is 0 Å². The highest BCUT2D eigenvalue weighted by Crippen LogP contribution is 2.29. The lowest BCUT2D eigenvalue weighted by Gasteiger charge is -2.10. The SMILES string of the molecule is CCOc1nc2sc3c(n2c(=O)c1C(=O)NCC(=O)O)CCCCC3. The van der Waals surface area contributed by atoms with Crippen LogP contribution >= 0.6 is 11.3 Å². The number of carbonyl (C=O) groups excluding carboxylic acids is 1. The highest BCUT2D eigenvalue weighted by molar-refractivity contribution is 7.17. The first-order valence-electron chi connectivity index (χ1n) is 8.23. The van der Waals surface area contributed by atoms with Crippen LogP contribution < -0.4 is 15.6 Å². The summed E-state index contributed by atoms with van der Waals surface area (Å²) in [5.74, 6) is -2.03. The van der Waals surface area contributed by atoms with Crippen LogP contribution in [0.25, 0.3) is 4.96 Å². The number of nitrogens with one attached hydrogen (secondary N) is 1. The van der Waals surface area contributed by atoms with Crippen molar-refractivity contribution in [3.8, 4) is 5.88 Å². The molecule has 9 heteroatoms. The van der Waals surface area contributed by atoms with Crippen molar-refractivity contribution >= 4 is 28.2 Å². The summed E-state index contributed by atoms with van der Waals surface area (Å²) in [6.07, 6.45) is 4.82. The first-order valence-corrected chi connectivity index (χ1v) is 9.04. The van der Waals surface area contributed by atoms with Crippen LogP contribution in [0.5, 0.6) is 5.88 Å². The molecular weight excluding hydrogens is 346 g/mol. The van der Waals surface area contributed by atoms with Crippen molar-refractivity contribution in [1.29, 1.82) is 0 Å². The van der Waals surface area contributed by atoms with Crippen LogP contribution in [-0.4, -0.2) is 39.5 Å². The molecule has 1 amide bonds. The fraction of sp³-hybridized carbons (Fsp3) is 0.500. The van der Waals surface area contributed by atoms with Crippen LogP contribution in [0.2, 0.25) is 0 Å². The van der Waals surface area contributed by atoms with Gasteiger partial charge < -0.3 is 15.2 Å².